The van der Waals surface area contributed by atoms with Gasteiger partial charge in [-0.3, -0.25) is 0 Å². The molecule has 0 saturated carbocycles. The zero-order chi connectivity index (χ0) is 14.2. The first kappa shape index (κ1) is 13.9. The maximum absolute atomic E-state index is 12.4. The Morgan fingerprint density at radius 3 is 2.60 bits per heavy atom. The van der Waals surface area contributed by atoms with E-state index in [0.29, 0.717) is 39.4 Å². The topological polar surface area (TPSA) is 75.6 Å². The van der Waals surface area contributed by atoms with E-state index in [1.165, 1.54) is 8.61 Å². The number of aryl methyl sites for hydroxylation is 1. The monoisotopic (exact) mass is 298 g/mol. The Balaban J connectivity index is 1.64. The summed E-state index contributed by atoms with van der Waals surface area (Å²) in [5.74, 6) is 0.893. The number of hydrogen-bond donors (Lipinski definition) is 0. The fourth-order valence-corrected chi connectivity index (χ4v) is 4.13. The highest BCUT2D eigenvalue weighted by atomic mass is 32.2. The van der Waals surface area contributed by atoms with Gasteiger partial charge < -0.3 is 4.74 Å². The van der Waals surface area contributed by atoms with Gasteiger partial charge in [0.25, 0.3) is 10.2 Å². The van der Waals surface area contributed by atoms with Crippen LogP contribution in [0.2, 0.25) is 0 Å². The number of rotatable bonds is 3. The van der Waals surface area contributed by atoms with Gasteiger partial charge in [0.15, 0.2) is 0 Å². The molecule has 0 bridgehead atoms. The van der Waals surface area contributed by atoms with Crippen molar-refractivity contribution in [3.05, 3.63) is 23.8 Å². The van der Waals surface area contributed by atoms with E-state index >= 15 is 0 Å². The van der Waals surface area contributed by atoms with Gasteiger partial charge in [0.1, 0.15) is 5.82 Å². The van der Waals surface area contributed by atoms with Crippen LogP contribution in [-0.2, 0) is 14.9 Å². The molecule has 0 radical (unpaired) electrons. The molecular formula is C12H18N4O3S. The molecule has 3 heterocycles. The summed E-state index contributed by atoms with van der Waals surface area (Å²) in [5, 5.41) is 0. The summed E-state index contributed by atoms with van der Waals surface area (Å²) < 4.78 is 33.0. The summed E-state index contributed by atoms with van der Waals surface area (Å²) in [4.78, 5) is 8.41. The first-order chi connectivity index (χ1) is 9.57. The van der Waals surface area contributed by atoms with E-state index in [4.69, 9.17) is 4.74 Å². The van der Waals surface area contributed by atoms with Crippen molar-refractivity contribution in [1.29, 1.82) is 0 Å². The Hall–Kier alpha value is -1.09. The zero-order valence-corrected chi connectivity index (χ0v) is 12.2. The minimum Gasteiger partial charge on any atom is -0.379 e. The van der Waals surface area contributed by atoms with Gasteiger partial charge in [-0.2, -0.15) is 17.0 Å². The van der Waals surface area contributed by atoms with Gasteiger partial charge in [0, 0.05) is 44.0 Å². The average molecular weight is 298 g/mol. The molecule has 0 aromatic carbocycles. The van der Waals surface area contributed by atoms with Crippen molar-refractivity contribution in [2.24, 2.45) is 0 Å². The third-order valence-electron chi connectivity index (χ3n) is 3.69. The number of ether oxygens (including phenoxy) is 1. The normalized spacial score (nSPS) is 22.6. The van der Waals surface area contributed by atoms with Crippen LogP contribution >= 0.6 is 0 Å². The summed E-state index contributed by atoms with van der Waals surface area (Å²) in [6, 6.07) is 1.86. The molecule has 0 atom stereocenters. The quantitative estimate of drug-likeness (QED) is 0.770. The first-order valence-electron chi connectivity index (χ1n) is 6.70. The molecule has 0 aliphatic carbocycles. The molecule has 2 aliphatic heterocycles. The molecule has 110 valence electrons. The summed E-state index contributed by atoms with van der Waals surface area (Å²) in [6.45, 7) is 4.66. The molecule has 20 heavy (non-hydrogen) atoms. The average Bonchev–Trinajstić information content (AvgIpc) is 2.38. The number of aromatic nitrogens is 2. The fraction of sp³-hybridized carbons (Fsp3) is 0.667. The first-order valence-corrected chi connectivity index (χ1v) is 8.09. The molecule has 0 spiro atoms. The predicted octanol–water partition coefficient (Wildman–Crippen LogP) is -0.239. The Morgan fingerprint density at radius 1 is 1.25 bits per heavy atom. The lowest BCUT2D eigenvalue weighted by Gasteiger charge is -2.41. The van der Waals surface area contributed by atoms with E-state index in [1.54, 1.807) is 6.20 Å². The van der Waals surface area contributed by atoms with Crippen molar-refractivity contribution in [3.8, 4) is 0 Å². The Morgan fingerprint density at radius 2 is 1.95 bits per heavy atom. The molecule has 2 saturated heterocycles. The summed E-state index contributed by atoms with van der Waals surface area (Å²) in [6.07, 6.45) is 1.72. The lowest BCUT2D eigenvalue weighted by molar-refractivity contribution is 0.0680. The van der Waals surface area contributed by atoms with Gasteiger partial charge >= 0.3 is 0 Å². The molecule has 7 nitrogen and oxygen atoms in total. The van der Waals surface area contributed by atoms with E-state index < -0.39 is 10.2 Å². The Labute approximate surface area is 118 Å². The summed E-state index contributed by atoms with van der Waals surface area (Å²) >= 11 is 0. The van der Waals surface area contributed by atoms with Crippen LogP contribution in [0.4, 0.5) is 0 Å². The van der Waals surface area contributed by atoms with E-state index in [-0.39, 0.29) is 5.92 Å². The van der Waals surface area contributed by atoms with Crippen LogP contribution in [0.3, 0.4) is 0 Å². The zero-order valence-electron chi connectivity index (χ0n) is 11.4. The van der Waals surface area contributed by atoms with Crippen molar-refractivity contribution in [2.45, 2.75) is 12.8 Å². The third kappa shape index (κ3) is 2.56. The SMILES string of the molecule is Cc1nccc(C2CN(S(=O)(=O)N3CCOCC3)C2)n1. The molecule has 8 heteroatoms. The lowest BCUT2D eigenvalue weighted by Crippen LogP contribution is -2.56. The molecule has 0 unspecified atom stereocenters. The number of nitrogens with zero attached hydrogens (tertiary/aromatic N) is 4. The molecule has 2 aliphatic rings. The highest BCUT2D eigenvalue weighted by Crippen LogP contribution is 2.29. The molecule has 2 fully saturated rings. The molecule has 0 N–H and O–H groups in total. The fourth-order valence-electron chi connectivity index (χ4n) is 2.46. The molecular weight excluding hydrogens is 280 g/mol. The number of morpholine rings is 1. The largest absolute Gasteiger partial charge is 0.379 e. The summed E-state index contributed by atoms with van der Waals surface area (Å²) in [5.41, 5.74) is 0.922. The van der Waals surface area contributed by atoms with Crippen LogP contribution in [0.1, 0.15) is 17.4 Å². The van der Waals surface area contributed by atoms with E-state index in [0.717, 1.165) is 11.5 Å². The van der Waals surface area contributed by atoms with Gasteiger partial charge in [-0.1, -0.05) is 0 Å². The van der Waals surface area contributed by atoms with Crippen LogP contribution in [0.5, 0.6) is 0 Å². The maximum atomic E-state index is 12.4. The second kappa shape index (κ2) is 5.36. The van der Waals surface area contributed by atoms with E-state index in [9.17, 15) is 8.42 Å². The van der Waals surface area contributed by atoms with Gasteiger partial charge in [0.2, 0.25) is 0 Å². The standard InChI is InChI=1S/C12H18N4O3S/c1-10-13-3-2-12(14-10)11-8-16(9-11)20(17,18)15-4-6-19-7-5-15/h2-3,11H,4-9H2,1H3. The van der Waals surface area contributed by atoms with Crippen molar-refractivity contribution >= 4 is 10.2 Å². The van der Waals surface area contributed by atoms with Gasteiger partial charge in [-0.25, -0.2) is 9.97 Å². The predicted molar refractivity (Wildman–Crippen MR) is 72.4 cm³/mol. The number of hydrogen-bond acceptors (Lipinski definition) is 5. The van der Waals surface area contributed by atoms with E-state index in [2.05, 4.69) is 9.97 Å². The van der Waals surface area contributed by atoms with Crippen molar-refractivity contribution in [1.82, 2.24) is 18.6 Å². The van der Waals surface area contributed by atoms with Gasteiger partial charge in [-0.05, 0) is 13.0 Å². The highest BCUT2D eigenvalue weighted by Gasteiger charge is 2.40. The second-order valence-corrected chi connectivity index (χ2v) is 6.99. The molecule has 1 aromatic heterocycles. The Bertz CT molecular complexity index is 580. The van der Waals surface area contributed by atoms with Crippen molar-refractivity contribution < 1.29 is 13.2 Å². The van der Waals surface area contributed by atoms with Crippen molar-refractivity contribution in [2.75, 3.05) is 39.4 Å². The van der Waals surface area contributed by atoms with Crippen molar-refractivity contribution in [3.63, 3.8) is 0 Å². The second-order valence-electron chi connectivity index (χ2n) is 5.06. The highest BCUT2D eigenvalue weighted by molar-refractivity contribution is 7.86. The minimum absolute atomic E-state index is 0.174. The van der Waals surface area contributed by atoms with Crippen LogP contribution in [-0.4, -0.2) is 66.4 Å². The smallest absolute Gasteiger partial charge is 0.282 e. The van der Waals surface area contributed by atoms with Crippen LogP contribution in [0, 0.1) is 6.92 Å². The molecule has 1 aromatic rings. The van der Waals surface area contributed by atoms with Crippen LogP contribution in [0.25, 0.3) is 0 Å². The maximum Gasteiger partial charge on any atom is 0.282 e. The third-order valence-corrected chi connectivity index (χ3v) is 5.65. The Kier molecular flexibility index (Phi) is 3.72. The van der Waals surface area contributed by atoms with Crippen LogP contribution < -0.4 is 0 Å². The molecule has 3 rings (SSSR count). The van der Waals surface area contributed by atoms with Gasteiger partial charge in [0.05, 0.1) is 13.2 Å². The van der Waals surface area contributed by atoms with Crippen LogP contribution in [0.15, 0.2) is 12.3 Å². The minimum atomic E-state index is -3.33. The summed E-state index contributed by atoms with van der Waals surface area (Å²) in [7, 11) is -3.33. The van der Waals surface area contributed by atoms with E-state index in [1.807, 2.05) is 13.0 Å². The van der Waals surface area contributed by atoms with Gasteiger partial charge in [-0.15, -0.1) is 0 Å². The molecule has 0 amide bonds. The lowest BCUT2D eigenvalue weighted by atomic mass is 9.99.